The molecule has 0 spiro atoms. The van der Waals surface area contributed by atoms with Gasteiger partial charge >= 0.3 is 5.97 Å². The summed E-state index contributed by atoms with van der Waals surface area (Å²) in [6.07, 6.45) is -0.888. The van der Waals surface area contributed by atoms with Crippen molar-refractivity contribution in [1.29, 1.82) is 0 Å². The molecule has 0 aromatic carbocycles. The predicted molar refractivity (Wildman–Crippen MR) is 54.7 cm³/mol. The van der Waals surface area contributed by atoms with Crippen LogP contribution in [0.5, 0.6) is 0 Å². The molecule has 94 valence electrons. The Kier molecular flexibility index (Phi) is 3.81. The second-order valence-corrected chi connectivity index (χ2v) is 3.56. The van der Waals surface area contributed by atoms with Crippen molar-refractivity contribution in [2.45, 2.75) is 25.2 Å². The highest BCUT2D eigenvalue weighted by molar-refractivity contribution is 5.79. The van der Waals surface area contributed by atoms with Crippen LogP contribution >= 0.6 is 0 Å². The van der Waals surface area contributed by atoms with Crippen LogP contribution in [-0.2, 0) is 9.59 Å². The van der Waals surface area contributed by atoms with E-state index in [-0.39, 0.29) is 5.56 Å². The van der Waals surface area contributed by atoms with E-state index < -0.39 is 30.1 Å². The molecule has 5 N–H and O–H groups in total. The summed E-state index contributed by atoms with van der Waals surface area (Å²) in [5, 5.41) is 31.2. The highest BCUT2D eigenvalue weighted by Crippen LogP contribution is 2.17. The molecule has 3 atom stereocenters. The van der Waals surface area contributed by atoms with Crippen LogP contribution in [0.2, 0.25) is 0 Å². The van der Waals surface area contributed by atoms with Gasteiger partial charge in [-0.1, -0.05) is 0 Å². The molecule has 0 saturated heterocycles. The number of aliphatic hydroxyl groups excluding tert-OH is 2. The Morgan fingerprint density at radius 3 is 2.53 bits per heavy atom. The van der Waals surface area contributed by atoms with Gasteiger partial charge in [-0.3, -0.25) is 9.48 Å². The molecule has 1 aromatic rings. The third-order valence-electron chi connectivity index (χ3n) is 2.31. The lowest BCUT2D eigenvalue weighted by atomic mass is 10.1. The molecule has 1 rings (SSSR count). The number of hydrogen-bond acceptors (Lipinski definition) is 5. The molecule has 0 aliphatic carbocycles. The van der Waals surface area contributed by atoms with E-state index in [2.05, 4.69) is 5.10 Å². The summed E-state index contributed by atoms with van der Waals surface area (Å²) < 4.78 is 1.09. The summed E-state index contributed by atoms with van der Waals surface area (Å²) in [5.41, 5.74) is 4.93. The molecule has 0 saturated carbocycles. The average molecular weight is 243 g/mol. The fourth-order valence-corrected chi connectivity index (χ4v) is 1.17. The molecule has 8 nitrogen and oxygen atoms in total. The molecule has 0 radical (unpaired) electrons. The largest absolute Gasteiger partial charge is 0.480 e. The summed E-state index contributed by atoms with van der Waals surface area (Å²) in [4.78, 5) is 21.3. The molecular weight excluding hydrogens is 230 g/mol. The Bertz CT molecular complexity index is 430. The SMILES string of the molecule is C[C@@H](C(=O)O)n1cc(C(O)C(O)C(N)=O)cn1. The molecule has 0 fully saturated rings. The minimum Gasteiger partial charge on any atom is -0.480 e. The maximum atomic E-state index is 10.7. The first-order valence-electron chi connectivity index (χ1n) is 4.77. The summed E-state index contributed by atoms with van der Waals surface area (Å²) >= 11 is 0. The third-order valence-corrected chi connectivity index (χ3v) is 2.31. The number of carboxylic acid groups (broad SMARTS) is 1. The second-order valence-electron chi connectivity index (χ2n) is 3.56. The lowest BCUT2D eigenvalue weighted by Crippen LogP contribution is -2.33. The van der Waals surface area contributed by atoms with Gasteiger partial charge in [-0.2, -0.15) is 5.10 Å². The van der Waals surface area contributed by atoms with Crippen molar-refractivity contribution in [3.8, 4) is 0 Å². The molecule has 17 heavy (non-hydrogen) atoms. The van der Waals surface area contributed by atoms with Crippen LogP contribution in [0.3, 0.4) is 0 Å². The number of hydrogen-bond donors (Lipinski definition) is 4. The van der Waals surface area contributed by atoms with Gasteiger partial charge in [0.25, 0.3) is 0 Å². The Morgan fingerprint density at radius 1 is 1.47 bits per heavy atom. The number of primary amides is 1. The van der Waals surface area contributed by atoms with Gasteiger partial charge in [-0.05, 0) is 6.92 Å². The van der Waals surface area contributed by atoms with E-state index in [1.165, 1.54) is 13.1 Å². The lowest BCUT2D eigenvalue weighted by Gasteiger charge is -2.12. The molecule has 1 aromatic heterocycles. The van der Waals surface area contributed by atoms with Gasteiger partial charge in [0, 0.05) is 11.8 Å². The average Bonchev–Trinajstić information content (AvgIpc) is 2.74. The number of amides is 1. The standard InChI is InChI=1S/C9H13N3O5/c1-4(9(16)17)12-3-5(2-11-12)6(13)7(14)8(10)15/h2-4,6-7,13-14H,1H3,(H2,10,15)(H,16,17)/t4-,6?,7?/m0/s1. The quantitative estimate of drug-likeness (QED) is 0.491. The van der Waals surface area contributed by atoms with Gasteiger partial charge in [-0.25, -0.2) is 4.79 Å². The number of aliphatic carboxylic acids is 1. The highest BCUT2D eigenvalue weighted by atomic mass is 16.4. The Morgan fingerprint density at radius 2 is 2.06 bits per heavy atom. The highest BCUT2D eigenvalue weighted by Gasteiger charge is 2.25. The molecule has 2 unspecified atom stereocenters. The van der Waals surface area contributed by atoms with Crippen LogP contribution in [0.25, 0.3) is 0 Å². The zero-order chi connectivity index (χ0) is 13.2. The van der Waals surface area contributed by atoms with Gasteiger partial charge < -0.3 is 21.1 Å². The first-order valence-corrected chi connectivity index (χ1v) is 4.77. The molecule has 8 heteroatoms. The van der Waals surface area contributed by atoms with Crippen molar-refractivity contribution in [3.05, 3.63) is 18.0 Å². The zero-order valence-corrected chi connectivity index (χ0v) is 9.02. The number of carbonyl (C=O) groups excluding carboxylic acids is 1. The van der Waals surface area contributed by atoms with Gasteiger partial charge in [0.05, 0.1) is 6.20 Å². The molecule has 0 aliphatic heterocycles. The van der Waals surface area contributed by atoms with Gasteiger partial charge in [0.2, 0.25) is 5.91 Å². The van der Waals surface area contributed by atoms with E-state index in [0.29, 0.717) is 0 Å². The monoisotopic (exact) mass is 243 g/mol. The Balaban J connectivity index is 2.88. The van der Waals surface area contributed by atoms with E-state index in [1.54, 1.807) is 0 Å². The fourth-order valence-electron chi connectivity index (χ4n) is 1.17. The lowest BCUT2D eigenvalue weighted by molar-refractivity contribution is -0.140. The van der Waals surface area contributed by atoms with Gasteiger partial charge in [-0.15, -0.1) is 0 Å². The summed E-state index contributed by atoms with van der Waals surface area (Å²) in [7, 11) is 0. The van der Waals surface area contributed by atoms with Crippen LogP contribution < -0.4 is 5.73 Å². The Labute approximate surface area is 96.3 Å². The molecular formula is C9H13N3O5. The van der Waals surface area contributed by atoms with E-state index in [1.807, 2.05) is 0 Å². The van der Waals surface area contributed by atoms with Gasteiger partial charge in [0.15, 0.2) is 6.10 Å². The number of carboxylic acids is 1. The molecule has 0 bridgehead atoms. The van der Waals surface area contributed by atoms with Crippen molar-refractivity contribution < 1.29 is 24.9 Å². The summed E-state index contributed by atoms with van der Waals surface area (Å²) in [6, 6.07) is -0.915. The number of nitrogens with zero attached hydrogens (tertiary/aromatic N) is 2. The van der Waals surface area contributed by atoms with Crippen molar-refractivity contribution in [2.75, 3.05) is 0 Å². The van der Waals surface area contributed by atoms with Crippen molar-refractivity contribution in [2.24, 2.45) is 5.73 Å². The van der Waals surface area contributed by atoms with E-state index >= 15 is 0 Å². The predicted octanol–water partition coefficient (Wildman–Crippen LogP) is -1.59. The normalized spacial score (nSPS) is 16.2. The van der Waals surface area contributed by atoms with Crippen LogP contribution in [-0.4, -0.2) is 43.1 Å². The summed E-state index contributed by atoms with van der Waals surface area (Å²) in [6.45, 7) is 1.40. The number of rotatable bonds is 5. The van der Waals surface area contributed by atoms with Crippen LogP contribution in [0.4, 0.5) is 0 Å². The summed E-state index contributed by atoms with van der Waals surface area (Å²) in [5.74, 6) is -2.17. The fraction of sp³-hybridized carbons (Fsp3) is 0.444. The smallest absolute Gasteiger partial charge is 0.328 e. The van der Waals surface area contributed by atoms with E-state index in [4.69, 9.17) is 10.8 Å². The van der Waals surface area contributed by atoms with Crippen LogP contribution in [0.15, 0.2) is 12.4 Å². The van der Waals surface area contributed by atoms with E-state index in [0.717, 1.165) is 10.9 Å². The zero-order valence-electron chi connectivity index (χ0n) is 9.02. The molecule has 1 amide bonds. The first kappa shape index (κ1) is 13.1. The number of nitrogens with two attached hydrogens (primary N) is 1. The minimum absolute atomic E-state index is 0.115. The van der Waals surface area contributed by atoms with Crippen LogP contribution in [0.1, 0.15) is 24.6 Å². The maximum Gasteiger partial charge on any atom is 0.328 e. The maximum absolute atomic E-state index is 10.7. The second kappa shape index (κ2) is 4.93. The molecule has 1 heterocycles. The Hall–Kier alpha value is -1.93. The third kappa shape index (κ3) is 2.80. The van der Waals surface area contributed by atoms with Crippen molar-refractivity contribution in [3.63, 3.8) is 0 Å². The van der Waals surface area contributed by atoms with Crippen LogP contribution in [0, 0.1) is 0 Å². The van der Waals surface area contributed by atoms with Crippen molar-refractivity contribution >= 4 is 11.9 Å². The topological polar surface area (TPSA) is 139 Å². The number of aliphatic hydroxyl groups is 2. The van der Waals surface area contributed by atoms with Crippen molar-refractivity contribution in [1.82, 2.24) is 9.78 Å². The number of carbonyl (C=O) groups is 2. The minimum atomic E-state index is -1.76. The number of aromatic nitrogens is 2. The molecule has 0 aliphatic rings. The first-order chi connectivity index (χ1) is 7.84. The van der Waals surface area contributed by atoms with E-state index in [9.17, 15) is 19.8 Å². The van der Waals surface area contributed by atoms with Gasteiger partial charge in [0.1, 0.15) is 12.1 Å².